The molecule has 0 saturated carbocycles. The van der Waals surface area contributed by atoms with Crippen molar-refractivity contribution in [1.82, 2.24) is 29.7 Å². The SMILES string of the molecule is CCn1c(CCN)nnc1Sc1nc(-c2cccnc2)nc2ccccc12. The molecular weight excluding hydrogens is 358 g/mol. The first-order chi connectivity index (χ1) is 13.3. The first kappa shape index (κ1) is 17.6. The third-order valence-electron chi connectivity index (χ3n) is 4.15. The molecule has 27 heavy (non-hydrogen) atoms. The molecule has 8 heteroatoms. The highest BCUT2D eigenvalue weighted by Crippen LogP contribution is 2.32. The van der Waals surface area contributed by atoms with Crippen molar-refractivity contribution in [2.24, 2.45) is 5.73 Å². The second-order valence-electron chi connectivity index (χ2n) is 5.90. The number of nitrogens with zero attached hydrogens (tertiary/aromatic N) is 6. The van der Waals surface area contributed by atoms with Crippen LogP contribution in [0.15, 0.2) is 59.0 Å². The average molecular weight is 377 g/mol. The molecule has 1 aromatic carbocycles. The van der Waals surface area contributed by atoms with E-state index >= 15 is 0 Å². The van der Waals surface area contributed by atoms with Gasteiger partial charge in [-0.1, -0.05) is 18.2 Å². The zero-order valence-electron chi connectivity index (χ0n) is 14.9. The predicted octanol–water partition coefficient (Wildman–Crippen LogP) is 2.96. The summed E-state index contributed by atoms with van der Waals surface area (Å²) < 4.78 is 2.08. The summed E-state index contributed by atoms with van der Waals surface area (Å²) in [6.45, 7) is 3.40. The van der Waals surface area contributed by atoms with E-state index in [1.54, 1.807) is 12.4 Å². The summed E-state index contributed by atoms with van der Waals surface area (Å²) in [5, 5.41) is 11.3. The van der Waals surface area contributed by atoms with Crippen LogP contribution in [0.3, 0.4) is 0 Å². The third kappa shape index (κ3) is 3.54. The minimum absolute atomic E-state index is 0.546. The molecule has 0 aliphatic heterocycles. The molecule has 0 aliphatic rings. The van der Waals surface area contributed by atoms with Gasteiger partial charge in [0, 0.05) is 36.3 Å². The quantitative estimate of drug-likeness (QED) is 0.516. The van der Waals surface area contributed by atoms with Crippen LogP contribution in [0.5, 0.6) is 0 Å². The Bertz CT molecular complexity index is 1060. The van der Waals surface area contributed by atoms with Crippen molar-refractivity contribution in [3.8, 4) is 11.4 Å². The van der Waals surface area contributed by atoms with E-state index in [2.05, 4.69) is 26.7 Å². The number of nitrogens with two attached hydrogens (primary N) is 1. The van der Waals surface area contributed by atoms with Crippen LogP contribution in [0.25, 0.3) is 22.3 Å². The highest BCUT2D eigenvalue weighted by molar-refractivity contribution is 7.99. The van der Waals surface area contributed by atoms with Crippen LogP contribution in [-0.4, -0.2) is 36.3 Å². The number of hydrogen-bond acceptors (Lipinski definition) is 7. The van der Waals surface area contributed by atoms with Crippen molar-refractivity contribution in [2.75, 3.05) is 6.54 Å². The smallest absolute Gasteiger partial charge is 0.197 e. The van der Waals surface area contributed by atoms with Gasteiger partial charge in [-0.3, -0.25) is 4.98 Å². The van der Waals surface area contributed by atoms with Crippen LogP contribution in [0, 0.1) is 0 Å². The average Bonchev–Trinajstić information content (AvgIpc) is 3.10. The second kappa shape index (κ2) is 7.81. The van der Waals surface area contributed by atoms with Gasteiger partial charge in [0.1, 0.15) is 10.9 Å². The summed E-state index contributed by atoms with van der Waals surface area (Å²) in [5.41, 5.74) is 7.46. The number of fused-ring (bicyclic) bond motifs is 1. The lowest BCUT2D eigenvalue weighted by Crippen LogP contribution is -2.10. The molecule has 0 amide bonds. The molecule has 2 N–H and O–H groups in total. The van der Waals surface area contributed by atoms with Crippen LogP contribution in [0.1, 0.15) is 12.7 Å². The molecule has 0 unspecified atom stereocenters. The van der Waals surface area contributed by atoms with Crippen molar-refractivity contribution in [3.05, 3.63) is 54.6 Å². The van der Waals surface area contributed by atoms with Crippen molar-refractivity contribution in [3.63, 3.8) is 0 Å². The van der Waals surface area contributed by atoms with Gasteiger partial charge < -0.3 is 10.3 Å². The lowest BCUT2D eigenvalue weighted by molar-refractivity contribution is 0.640. The highest BCUT2D eigenvalue weighted by atomic mass is 32.2. The van der Waals surface area contributed by atoms with Gasteiger partial charge in [-0.25, -0.2) is 9.97 Å². The molecule has 0 atom stereocenters. The molecule has 0 aliphatic carbocycles. The molecule has 0 saturated heterocycles. The van der Waals surface area contributed by atoms with Crippen LogP contribution in [0.4, 0.5) is 0 Å². The maximum atomic E-state index is 5.69. The van der Waals surface area contributed by atoms with Crippen molar-refractivity contribution >= 4 is 22.7 Å². The van der Waals surface area contributed by atoms with Gasteiger partial charge in [-0.2, -0.15) is 0 Å². The molecule has 0 radical (unpaired) electrons. The predicted molar refractivity (Wildman–Crippen MR) is 105 cm³/mol. The summed E-state index contributed by atoms with van der Waals surface area (Å²) in [6.07, 6.45) is 4.21. The number of aromatic nitrogens is 6. The molecule has 0 bridgehead atoms. The molecular formula is C19H19N7S. The van der Waals surface area contributed by atoms with E-state index in [4.69, 9.17) is 15.7 Å². The molecule has 136 valence electrons. The molecule has 3 heterocycles. The van der Waals surface area contributed by atoms with E-state index in [1.807, 2.05) is 36.4 Å². The van der Waals surface area contributed by atoms with Gasteiger partial charge in [0.05, 0.1) is 5.52 Å². The molecule has 4 aromatic rings. The van der Waals surface area contributed by atoms with Crippen molar-refractivity contribution in [2.45, 2.75) is 30.1 Å². The van der Waals surface area contributed by atoms with E-state index < -0.39 is 0 Å². The summed E-state index contributed by atoms with van der Waals surface area (Å²) in [6, 6.07) is 11.8. The minimum atomic E-state index is 0.546. The van der Waals surface area contributed by atoms with Gasteiger partial charge in [-0.05, 0) is 43.4 Å². The Labute approximate surface area is 161 Å². The Balaban J connectivity index is 1.81. The minimum Gasteiger partial charge on any atom is -0.330 e. The lowest BCUT2D eigenvalue weighted by atomic mass is 10.2. The summed E-state index contributed by atoms with van der Waals surface area (Å²) in [4.78, 5) is 13.7. The number of hydrogen-bond donors (Lipinski definition) is 1. The van der Waals surface area contributed by atoms with E-state index in [1.165, 1.54) is 11.8 Å². The highest BCUT2D eigenvalue weighted by Gasteiger charge is 2.16. The maximum absolute atomic E-state index is 5.69. The third-order valence-corrected chi connectivity index (χ3v) is 5.14. The van der Waals surface area contributed by atoms with Gasteiger partial charge in [0.15, 0.2) is 11.0 Å². The van der Waals surface area contributed by atoms with Gasteiger partial charge >= 0.3 is 0 Å². The van der Waals surface area contributed by atoms with Crippen LogP contribution in [0.2, 0.25) is 0 Å². The van der Waals surface area contributed by atoms with Gasteiger partial charge in [0.25, 0.3) is 0 Å². The summed E-state index contributed by atoms with van der Waals surface area (Å²) in [7, 11) is 0. The summed E-state index contributed by atoms with van der Waals surface area (Å²) in [5.74, 6) is 1.54. The fourth-order valence-corrected chi connectivity index (χ4v) is 3.88. The topological polar surface area (TPSA) is 95.4 Å². The maximum Gasteiger partial charge on any atom is 0.197 e. The van der Waals surface area contributed by atoms with Gasteiger partial charge in [-0.15, -0.1) is 10.2 Å². The van der Waals surface area contributed by atoms with E-state index in [9.17, 15) is 0 Å². The van der Waals surface area contributed by atoms with E-state index in [0.717, 1.165) is 39.0 Å². The standard InChI is InChI=1S/C19H19N7S/c1-2-26-16(9-10-20)24-25-19(26)27-18-14-7-3-4-8-15(14)22-17(23-18)13-6-5-11-21-12-13/h3-8,11-12H,2,9-10,20H2,1H3. The fourth-order valence-electron chi connectivity index (χ4n) is 2.86. The van der Waals surface area contributed by atoms with Crippen LogP contribution >= 0.6 is 11.8 Å². The number of pyridine rings is 1. The summed E-state index contributed by atoms with van der Waals surface area (Å²) >= 11 is 1.50. The fraction of sp³-hybridized carbons (Fsp3) is 0.211. The van der Waals surface area contributed by atoms with Gasteiger partial charge in [0.2, 0.25) is 0 Å². The zero-order valence-corrected chi connectivity index (χ0v) is 15.7. The Morgan fingerprint density at radius 3 is 2.74 bits per heavy atom. The molecule has 0 spiro atoms. The first-order valence-corrected chi connectivity index (χ1v) is 9.59. The van der Waals surface area contributed by atoms with Crippen molar-refractivity contribution < 1.29 is 0 Å². The van der Waals surface area contributed by atoms with Crippen LogP contribution in [-0.2, 0) is 13.0 Å². The lowest BCUT2D eigenvalue weighted by Gasteiger charge is -2.09. The molecule has 0 fully saturated rings. The van der Waals surface area contributed by atoms with Crippen molar-refractivity contribution in [1.29, 1.82) is 0 Å². The number of para-hydroxylation sites is 1. The monoisotopic (exact) mass is 377 g/mol. The number of benzene rings is 1. The molecule has 4 rings (SSSR count). The second-order valence-corrected chi connectivity index (χ2v) is 6.85. The van der Waals surface area contributed by atoms with E-state index in [-0.39, 0.29) is 0 Å². The molecule has 3 aromatic heterocycles. The molecule has 7 nitrogen and oxygen atoms in total. The first-order valence-electron chi connectivity index (χ1n) is 8.77. The number of rotatable bonds is 6. The van der Waals surface area contributed by atoms with Crippen LogP contribution < -0.4 is 5.73 Å². The Morgan fingerprint density at radius 1 is 1.07 bits per heavy atom. The zero-order chi connectivity index (χ0) is 18.6. The Morgan fingerprint density at radius 2 is 1.96 bits per heavy atom. The normalized spacial score (nSPS) is 11.2. The largest absolute Gasteiger partial charge is 0.330 e. The van der Waals surface area contributed by atoms with E-state index in [0.29, 0.717) is 18.8 Å². The Kier molecular flexibility index (Phi) is 5.08. The Hall–Kier alpha value is -2.84.